The number of benzene rings is 2. The second-order valence-electron chi connectivity index (χ2n) is 5.91. The standard InChI is InChI=1S/C17H13F3N4O6/c18-17(19,20)13-7-11(3-6-14(13)24(29)30)22-16(26)8-15(25)21-9-10-1-4-12(5-2-10)23(27)28/h1-7H,8-9H2,(H,21,25)(H,22,26). The second kappa shape index (κ2) is 8.98. The molecule has 2 aromatic carbocycles. The Morgan fingerprint density at radius 3 is 2.10 bits per heavy atom. The number of anilines is 1. The molecule has 0 saturated heterocycles. The maximum Gasteiger partial charge on any atom is 0.423 e. The Kier molecular flexibility index (Phi) is 6.66. The summed E-state index contributed by atoms with van der Waals surface area (Å²) in [7, 11) is 0. The molecule has 2 aromatic rings. The van der Waals surface area contributed by atoms with Crippen molar-refractivity contribution in [2.24, 2.45) is 0 Å². The first-order valence-electron chi connectivity index (χ1n) is 8.13. The van der Waals surface area contributed by atoms with E-state index in [1.165, 1.54) is 24.3 Å². The van der Waals surface area contributed by atoms with Gasteiger partial charge >= 0.3 is 6.18 Å². The minimum absolute atomic E-state index is 0.0279. The van der Waals surface area contributed by atoms with Crippen molar-refractivity contribution in [1.29, 1.82) is 0 Å². The highest BCUT2D eigenvalue weighted by Crippen LogP contribution is 2.37. The minimum Gasteiger partial charge on any atom is -0.352 e. The molecule has 0 saturated carbocycles. The third-order valence-electron chi connectivity index (χ3n) is 3.74. The van der Waals surface area contributed by atoms with Gasteiger partial charge in [0, 0.05) is 30.4 Å². The van der Waals surface area contributed by atoms with Gasteiger partial charge in [-0.1, -0.05) is 12.1 Å². The molecule has 0 heterocycles. The van der Waals surface area contributed by atoms with Crippen molar-refractivity contribution in [3.05, 3.63) is 73.8 Å². The minimum atomic E-state index is -5.01. The van der Waals surface area contributed by atoms with Crippen LogP contribution in [0, 0.1) is 20.2 Å². The highest BCUT2D eigenvalue weighted by atomic mass is 19.4. The number of hydrogen-bond acceptors (Lipinski definition) is 6. The molecule has 0 aliphatic heterocycles. The van der Waals surface area contributed by atoms with Gasteiger partial charge in [0.1, 0.15) is 12.0 Å². The number of nitro groups is 2. The van der Waals surface area contributed by atoms with Crippen molar-refractivity contribution in [2.45, 2.75) is 19.1 Å². The molecule has 0 aromatic heterocycles. The number of hydrogen-bond donors (Lipinski definition) is 2. The molecule has 2 rings (SSSR count). The van der Waals surface area contributed by atoms with E-state index in [0.29, 0.717) is 17.7 Å². The van der Waals surface area contributed by atoms with Crippen LogP contribution >= 0.6 is 0 Å². The van der Waals surface area contributed by atoms with E-state index in [2.05, 4.69) is 10.6 Å². The molecule has 0 bridgehead atoms. The van der Waals surface area contributed by atoms with Crippen LogP contribution in [0.15, 0.2) is 42.5 Å². The maximum atomic E-state index is 12.9. The summed E-state index contributed by atoms with van der Waals surface area (Å²) in [6, 6.07) is 7.22. The predicted octanol–water partition coefficient (Wildman–Crippen LogP) is 3.17. The predicted molar refractivity (Wildman–Crippen MR) is 96.3 cm³/mol. The summed E-state index contributed by atoms with van der Waals surface area (Å²) in [5, 5.41) is 25.8. The van der Waals surface area contributed by atoms with Crippen molar-refractivity contribution in [3.63, 3.8) is 0 Å². The number of halogens is 3. The van der Waals surface area contributed by atoms with Gasteiger partial charge in [-0.2, -0.15) is 13.2 Å². The van der Waals surface area contributed by atoms with E-state index in [-0.39, 0.29) is 17.9 Å². The molecular weight excluding hydrogens is 413 g/mol. The first kappa shape index (κ1) is 22.3. The summed E-state index contributed by atoms with van der Waals surface area (Å²) in [6.45, 7) is -0.0279. The quantitative estimate of drug-likeness (QED) is 0.395. The number of carbonyl (C=O) groups is 2. The van der Waals surface area contributed by atoms with Crippen molar-refractivity contribution < 1.29 is 32.6 Å². The van der Waals surface area contributed by atoms with E-state index in [0.717, 1.165) is 6.07 Å². The number of carbonyl (C=O) groups excluding carboxylic acids is 2. The molecule has 0 aliphatic rings. The molecule has 30 heavy (non-hydrogen) atoms. The van der Waals surface area contributed by atoms with Crippen LogP contribution in [0.4, 0.5) is 30.2 Å². The van der Waals surface area contributed by atoms with Crippen molar-refractivity contribution in [2.75, 3.05) is 5.32 Å². The zero-order valence-corrected chi connectivity index (χ0v) is 14.9. The van der Waals surface area contributed by atoms with Gasteiger partial charge < -0.3 is 10.6 Å². The molecule has 2 N–H and O–H groups in total. The molecule has 10 nitrogen and oxygen atoms in total. The van der Waals surface area contributed by atoms with E-state index in [1.54, 1.807) is 0 Å². The van der Waals surface area contributed by atoms with Gasteiger partial charge in [0.25, 0.3) is 11.4 Å². The van der Waals surface area contributed by atoms with E-state index in [9.17, 15) is 43.0 Å². The summed E-state index contributed by atoms with van der Waals surface area (Å²) >= 11 is 0. The van der Waals surface area contributed by atoms with Crippen LogP contribution in [0.25, 0.3) is 0 Å². The third kappa shape index (κ3) is 5.98. The zero-order chi connectivity index (χ0) is 22.5. The number of alkyl halides is 3. The molecule has 0 fully saturated rings. The molecule has 0 radical (unpaired) electrons. The fraction of sp³-hybridized carbons (Fsp3) is 0.176. The molecule has 2 amide bonds. The van der Waals surface area contributed by atoms with Gasteiger partial charge in [-0.25, -0.2) is 0 Å². The normalized spacial score (nSPS) is 10.9. The van der Waals surface area contributed by atoms with Gasteiger partial charge in [0.15, 0.2) is 0 Å². The Labute approximate surface area is 166 Å². The number of rotatable bonds is 7. The first-order chi connectivity index (χ1) is 14.0. The lowest BCUT2D eigenvalue weighted by Crippen LogP contribution is -2.27. The van der Waals surface area contributed by atoms with E-state index in [1.807, 2.05) is 0 Å². The number of nitrogens with zero attached hydrogens (tertiary/aromatic N) is 2. The number of nitrogens with one attached hydrogen (secondary N) is 2. The van der Waals surface area contributed by atoms with Crippen molar-refractivity contribution in [1.82, 2.24) is 5.32 Å². The topological polar surface area (TPSA) is 144 Å². The lowest BCUT2D eigenvalue weighted by atomic mass is 10.1. The van der Waals surface area contributed by atoms with Gasteiger partial charge in [-0.05, 0) is 17.7 Å². The first-order valence-corrected chi connectivity index (χ1v) is 8.13. The maximum absolute atomic E-state index is 12.9. The number of amides is 2. The smallest absolute Gasteiger partial charge is 0.352 e. The van der Waals surface area contributed by atoms with Gasteiger partial charge in [-0.15, -0.1) is 0 Å². The van der Waals surface area contributed by atoms with E-state index < -0.39 is 45.5 Å². The average Bonchev–Trinajstić information content (AvgIpc) is 2.65. The van der Waals surface area contributed by atoms with Crippen LogP contribution in [-0.2, 0) is 22.3 Å². The molecule has 0 atom stereocenters. The van der Waals surface area contributed by atoms with Crippen LogP contribution in [0.1, 0.15) is 17.5 Å². The molecule has 0 spiro atoms. The summed E-state index contributed by atoms with van der Waals surface area (Å²) in [4.78, 5) is 43.2. The summed E-state index contributed by atoms with van der Waals surface area (Å²) in [5.41, 5.74) is -2.67. The van der Waals surface area contributed by atoms with Gasteiger partial charge in [0.2, 0.25) is 11.8 Å². The fourth-order valence-corrected chi connectivity index (χ4v) is 2.35. The van der Waals surface area contributed by atoms with E-state index >= 15 is 0 Å². The van der Waals surface area contributed by atoms with Crippen LogP contribution in [0.3, 0.4) is 0 Å². The highest BCUT2D eigenvalue weighted by molar-refractivity contribution is 6.03. The van der Waals surface area contributed by atoms with E-state index in [4.69, 9.17) is 0 Å². The van der Waals surface area contributed by atoms with Crippen LogP contribution < -0.4 is 10.6 Å². The largest absolute Gasteiger partial charge is 0.423 e. The molecular formula is C17H13F3N4O6. The average molecular weight is 426 g/mol. The summed E-state index contributed by atoms with van der Waals surface area (Å²) in [5.74, 6) is -1.68. The van der Waals surface area contributed by atoms with Gasteiger partial charge in [-0.3, -0.25) is 29.8 Å². The summed E-state index contributed by atoms with van der Waals surface area (Å²) in [6.07, 6.45) is -5.73. The number of nitro benzene ring substituents is 2. The fourth-order valence-electron chi connectivity index (χ4n) is 2.35. The second-order valence-corrected chi connectivity index (χ2v) is 5.91. The Morgan fingerprint density at radius 1 is 0.933 bits per heavy atom. The molecule has 0 unspecified atom stereocenters. The van der Waals surface area contributed by atoms with Crippen LogP contribution in [0.5, 0.6) is 0 Å². The van der Waals surface area contributed by atoms with Crippen molar-refractivity contribution in [3.8, 4) is 0 Å². The Bertz CT molecular complexity index is 992. The Balaban J connectivity index is 1.95. The molecule has 158 valence electrons. The van der Waals surface area contributed by atoms with Gasteiger partial charge in [0.05, 0.1) is 9.85 Å². The van der Waals surface area contributed by atoms with Crippen LogP contribution in [-0.4, -0.2) is 21.7 Å². The monoisotopic (exact) mass is 426 g/mol. The summed E-state index contributed by atoms with van der Waals surface area (Å²) < 4.78 is 38.8. The molecule has 13 heteroatoms. The number of non-ortho nitro benzene ring substituents is 1. The lowest BCUT2D eigenvalue weighted by Gasteiger charge is -2.11. The SMILES string of the molecule is O=C(CC(=O)Nc1ccc([N+](=O)[O-])c(C(F)(F)F)c1)NCc1ccc([N+](=O)[O-])cc1. The third-order valence-corrected chi connectivity index (χ3v) is 3.74. The zero-order valence-electron chi connectivity index (χ0n) is 14.9. The lowest BCUT2D eigenvalue weighted by molar-refractivity contribution is -0.388. The Hall–Kier alpha value is -4.03. The van der Waals surface area contributed by atoms with Crippen molar-refractivity contribution >= 4 is 28.9 Å². The highest BCUT2D eigenvalue weighted by Gasteiger charge is 2.38. The molecule has 0 aliphatic carbocycles. The Morgan fingerprint density at radius 2 is 1.57 bits per heavy atom. The van der Waals surface area contributed by atoms with Crippen LogP contribution in [0.2, 0.25) is 0 Å².